The third-order valence-electron chi connectivity index (χ3n) is 2.82. The highest BCUT2D eigenvalue weighted by atomic mass is 32.1. The minimum atomic E-state index is -0.185. The van der Waals surface area contributed by atoms with Crippen LogP contribution < -0.4 is 0 Å². The van der Waals surface area contributed by atoms with Crippen LogP contribution in [-0.2, 0) is 5.41 Å². The number of aryl methyl sites for hydroxylation is 1. The van der Waals surface area contributed by atoms with Crippen LogP contribution in [0.2, 0.25) is 0 Å². The lowest BCUT2D eigenvalue weighted by Crippen LogP contribution is -2.20. The second-order valence-electron chi connectivity index (χ2n) is 3.74. The molecule has 66 valence electrons. The summed E-state index contributed by atoms with van der Waals surface area (Å²) in [5.41, 5.74) is 0.138. The maximum Gasteiger partial charge on any atom is 0.0616 e. The van der Waals surface area contributed by atoms with E-state index in [1.807, 2.05) is 18.3 Å². The van der Waals surface area contributed by atoms with Gasteiger partial charge in [0.25, 0.3) is 0 Å². The van der Waals surface area contributed by atoms with Gasteiger partial charge in [-0.2, -0.15) is 0 Å². The van der Waals surface area contributed by atoms with Crippen LogP contribution in [0.1, 0.15) is 29.5 Å². The number of rotatable bonds is 2. The maximum atomic E-state index is 9.61. The number of hydrogen-bond acceptors (Lipinski definition) is 2. The van der Waals surface area contributed by atoms with Gasteiger partial charge in [-0.05, 0) is 38.8 Å². The second kappa shape index (κ2) is 2.57. The molecule has 0 aromatic carbocycles. The average Bonchev–Trinajstić information content (AvgIpc) is 2.71. The van der Waals surface area contributed by atoms with Gasteiger partial charge in [0.15, 0.2) is 0 Å². The molecule has 1 saturated carbocycles. The largest absolute Gasteiger partial charge is 0.392 e. The van der Waals surface area contributed by atoms with E-state index in [1.54, 1.807) is 0 Å². The van der Waals surface area contributed by atoms with Gasteiger partial charge in [-0.25, -0.2) is 0 Å². The molecule has 0 bridgehead atoms. The Bertz CT molecular complexity index is 284. The maximum absolute atomic E-state index is 9.61. The lowest BCUT2D eigenvalue weighted by Gasteiger charge is -2.16. The van der Waals surface area contributed by atoms with Crippen LogP contribution in [0, 0.1) is 6.92 Å². The minimum absolute atomic E-state index is 0.138. The van der Waals surface area contributed by atoms with Crippen molar-refractivity contribution in [1.29, 1.82) is 0 Å². The van der Waals surface area contributed by atoms with Gasteiger partial charge in [0.2, 0.25) is 0 Å². The van der Waals surface area contributed by atoms with Crippen molar-refractivity contribution in [3.05, 3.63) is 21.9 Å². The molecule has 1 aliphatic carbocycles. The van der Waals surface area contributed by atoms with E-state index in [2.05, 4.69) is 19.1 Å². The molecule has 1 nitrogen and oxygen atoms in total. The summed E-state index contributed by atoms with van der Waals surface area (Å²) in [6.45, 7) is 4.02. The molecule has 1 unspecified atom stereocenters. The minimum Gasteiger partial charge on any atom is -0.392 e. The fourth-order valence-corrected chi connectivity index (χ4v) is 2.90. The van der Waals surface area contributed by atoms with Crippen molar-refractivity contribution < 1.29 is 5.11 Å². The monoisotopic (exact) mass is 182 g/mol. The third kappa shape index (κ3) is 1.10. The summed E-state index contributed by atoms with van der Waals surface area (Å²) in [7, 11) is 0. The van der Waals surface area contributed by atoms with E-state index in [0.717, 1.165) is 12.8 Å². The number of aliphatic hydroxyl groups is 1. The van der Waals surface area contributed by atoms with Crippen LogP contribution in [0.5, 0.6) is 0 Å². The molecular formula is C10H14OS. The zero-order chi connectivity index (χ0) is 8.77. The summed E-state index contributed by atoms with van der Waals surface area (Å²) in [6.07, 6.45) is 2.13. The molecule has 1 atom stereocenters. The lowest BCUT2D eigenvalue weighted by molar-refractivity contribution is 0.152. The highest BCUT2D eigenvalue weighted by molar-refractivity contribution is 7.12. The van der Waals surface area contributed by atoms with Gasteiger partial charge in [-0.3, -0.25) is 0 Å². The Morgan fingerprint density at radius 2 is 2.17 bits per heavy atom. The van der Waals surface area contributed by atoms with E-state index in [9.17, 15) is 5.11 Å². The molecule has 1 heterocycles. The Labute approximate surface area is 77.0 Å². The molecule has 2 rings (SSSR count). The average molecular weight is 182 g/mol. The Morgan fingerprint density at radius 3 is 2.50 bits per heavy atom. The molecule has 0 saturated heterocycles. The molecule has 12 heavy (non-hydrogen) atoms. The Hall–Kier alpha value is -0.340. The Balaban J connectivity index is 2.30. The van der Waals surface area contributed by atoms with Gasteiger partial charge >= 0.3 is 0 Å². The van der Waals surface area contributed by atoms with E-state index in [4.69, 9.17) is 0 Å². The molecule has 0 radical (unpaired) electrons. The fourth-order valence-electron chi connectivity index (χ4n) is 1.71. The molecule has 1 aliphatic rings. The summed E-state index contributed by atoms with van der Waals surface area (Å²) in [4.78, 5) is 2.71. The molecule has 0 spiro atoms. The SMILES string of the molecule is Cc1ccc(C2(C(C)O)CC2)s1. The summed E-state index contributed by atoms with van der Waals surface area (Å²) in [6, 6.07) is 4.31. The van der Waals surface area contributed by atoms with Crippen LogP contribution in [0.3, 0.4) is 0 Å². The second-order valence-corrected chi connectivity index (χ2v) is 5.03. The normalized spacial score (nSPS) is 22.2. The predicted octanol–water partition coefficient (Wildman–Crippen LogP) is 2.47. The van der Waals surface area contributed by atoms with Crippen LogP contribution in [0.25, 0.3) is 0 Å². The van der Waals surface area contributed by atoms with E-state index in [1.165, 1.54) is 9.75 Å². The van der Waals surface area contributed by atoms with Gasteiger partial charge < -0.3 is 5.11 Å². The zero-order valence-electron chi connectivity index (χ0n) is 7.50. The van der Waals surface area contributed by atoms with Crippen molar-refractivity contribution >= 4 is 11.3 Å². The quantitative estimate of drug-likeness (QED) is 0.745. The van der Waals surface area contributed by atoms with E-state index in [0.29, 0.717) is 0 Å². The molecular weight excluding hydrogens is 168 g/mol. The number of hydrogen-bond donors (Lipinski definition) is 1. The highest BCUT2D eigenvalue weighted by Crippen LogP contribution is 2.52. The molecule has 1 fully saturated rings. The Morgan fingerprint density at radius 1 is 1.50 bits per heavy atom. The van der Waals surface area contributed by atoms with Crippen molar-refractivity contribution in [3.63, 3.8) is 0 Å². The standard InChI is InChI=1S/C10H14OS/c1-7-3-4-9(12-7)10(5-6-10)8(2)11/h3-4,8,11H,5-6H2,1-2H3. The van der Waals surface area contributed by atoms with Crippen molar-refractivity contribution in [2.75, 3.05) is 0 Å². The first-order valence-electron chi connectivity index (χ1n) is 4.40. The first-order valence-corrected chi connectivity index (χ1v) is 5.22. The van der Waals surface area contributed by atoms with Crippen molar-refractivity contribution in [3.8, 4) is 0 Å². The van der Waals surface area contributed by atoms with Gasteiger partial charge in [0, 0.05) is 15.2 Å². The molecule has 1 aromatic heterocycles. The molecule has 2 heteroatoms. The Kier molecular flexibility index (Phi) is 1.77. The van der Waals surface area contributed by atoms with E-state index >= 15 is 0 Å². The first-order chi connectivity index (χ1) is 5.65. The van der Waals surface area contributed by atoms with Crippen LogP contribution in [0.15, 0.2) is 12.1 Å². The molecule has 1 N–H and O–H groups in total. The molecule has 0 aliphatic heterocycles. The van der Waals surface area contributed by atoms with Crippen LogP contribution in [0.4, 0.5) is 0 Å². The van der Waals surface area contributed by atoms with Gasteiger partial charge in [-0.15, -0.1) is 11.3 Å². The first kappa shape index (κ1) is 8.27. The van der Waals surface area contributed by atoms with Crippen molar-refractivity contribution in [2.45, 2.75) is 38.2 Å². The fraction of sp³-hybridized carbons (Fsp3) is 0.600. The van der Waals surface area contributed by atoms with Crippen molar-refractivity contribution in [2.24, 2.45) is 0 Å². The summed E-state index contributed by atoms with van der Waals surface area (Å²) in [5, 5.41) is 9.61. The lowest BCUT2D eigenvalue weighted by atomic mass is 9.99. The topological polar surface area (TPSA) is 20.2 Å². The van der Waals surface area contributed by atoms with E-state index < -0.39 is 0 Å². The van der Waals surface area contributed by atoms with Crippen LogP contribution >= 0.6 is 11.3 Å². The third-order valence-corrected chi connectivity index (χ3v) is 4.04. The van der Waals surface area contributed by atoms with Gasteiger partial charge in [0.05, 0.1) is 6.10 Å². The predicted molar refractivity (Wildman–Crippen MR) is 51.6 cm³/mol. The highest BCUT2D eigenvalue weighted by Gasteiger charge is 2.49. The van der Waals surface area contributed by atoms with Gasteiger partial charge in [0.1, 0.15) is 0 Å². The summed E-state index contributed by atoms with van der Waals surface area (Å²) in [5.74, 6) is 0. The molecule has 1 aromatic rings. The summed E-state index contributed by atoms with van der Waals surface area (Å²) < 4.78 is 0. The molecule has 0 amide bonds. The van der Waals surface area contributed by atoms with Gasteiger partial charge in [-0.1, -0.05) is 0 Å². The van der Waals surface area contributed by atoms with Crippen LogP contribution in [-0.4, -0.2) is 11.2 Å². The van der Waals surface area contributed by atoms with Crippen molar-refractivity contribution in [1.82, 2.24) is 0 Å². The summed E-state index contributed by atoms with van der Waals surface area (Å²) >= 11 is 1.83. The zero-order valence-corrected chi connectivity index (χ0v) is 8.32. The number of aliphatic hydroxyl groups excluding tert-OH is 1. The van der Waals surface area contributed by atoms with E-state index in [-0.39, 0.29) is 11.5 Å². The smallest absolute Gasteiger partial charge is 0.0616 e. The number of thiophene rings is 1.